The predicted molar refractivity (Wildman–Crippen MR) is 78.2 cm³/mol. The number of benzene rings is 2. The molecule has 0 saturated heterocycles. The Hall–Kier alpha value is -2.25. The van der Waals surface area contributed by atoms with Gasteiger partial charge in [0.05, 0.1) is 6.26 Å². The lowest BCUT2D eigenvalue weighted by atomic mass is 10.0. The van der Waals surface area contributed by atoms with E-state index in [2.05, 4.69) is 0 Å². The number of carbonyl (C=O) groups excluding carboxylic acids is 1. The zero-order valence-corrected chi connectivity index (χ0v) is 12.0. The summed E-state index contributed by atoms with van der Waals surface area (Å²) in [6.45, 7) is 0. The summed E-state index contributed by atoms with van der Waals surface area (Å²) < 4.78 is 38.6. The highest BCUT2D eigenvalue weighted by Crippen LogP contribution is 2.16. The molecule has 112 valence electrons. The van der Waals surface area contributed by atoms with Crippen molar-refractivity contribution >= 4 is 21.6 Å². The summed E-state index contributed by atoms with van der Waals surface area (Å²) in [6, 6.07) is 12.2. The van der Waals surface area contributed by atoms with Gasteiger partial charge in [-0.05, 0) is 36.4 Å². The predicted octanol–water partition coefficient (Wildman–Crippen LogP) is 2.14. The van der Waals surface area contributed by atoms with Crippen molar-refractivity contribution in [3.8, 4) is 0 Å². The van der Waals surface area contributed by atoms with Crippen LogP contribution in [0.1, 0.15) is 15.9 Å². The van der Waals surface area contributed by atoms with Gasteiger partial charge in [0.1, 0.15) is 5.82 Å². The van der Waals surface area contributed by atoms with E-state index in [4.69, 9.17) is 10.3 Å². The van der Waals surface area contributed by atoms with E-state index in [1.807, 2.05) is 0 Å². The number of halogens is 1. The summed E-state index contributed by atoms with van der Waals surface area (Å²) in [5.41, 5.74) is 6.99. The fraction of sp³-hybridized carbons (Fsp3) is 0.0714. The van der Waals surface area contributed by atoms with Crippen molar-refractivity contribution < 1.29 is 22.2 Å². The molecular weight excluding hydrogens is 297 g/mol. The van der Waals surface area contributed by atoms with Crippen LogP contribution in [-0.2, 0) is 10.1 Å². The summed E-state index contributed by atoms with van der Waals surface area (Å²) in [6.07, 6.45) is 0.715. The topological polar surface area (TPSA) is 97.5 Å². The third kappa shape index (κ3) is 6.15. The highest BCUT2D eigenvalue weighted by molar-refractivity contribution is 7.85. The quantitative estimate of drug-likeness (QED) is 0.503. The van der Waals surface area contributed by atoms with Crippen LogP contribution < -0.4 is 5.73 Å². The minimum Gasteiger partial charge on any atom is -0.398 e. The third-order valence-electron chi connectivity index (χ3n) is 2.31. The van der Waals surface area contributed by atoms with E-state index in [0.29, 0.717) is 23.1 Å². The van der Waals surface area contributed by atoms with Gasteiger partial charge in [-0.3, -0.25) is 9.35 Å². The molecule has 0 spiro atoms. The van der Waals surface area contributed by atoms with Crippen LogP contribution in [0.25, 0.3) is 0 Å². The van der Waals surface area contributed by atoms with Gasteiger partial charge in [0.15, 0.2) is 5.78 Å². The average Bonchev–Trinajstić information content (AvgIpc) is 2.37. The number of carbonyl (C=O) groups is 1. The van der Waals surface area contributed by atoms with Crippen molar-refractivity contribution in [3.05, 3.63) is 65.5 Å². The first-order valence-electron chi connectivity index (χ1n) is 5.75. The molecule has 5 nitrogen and oxygen atoms in total. The molecule has 0 radical (unpaired) electrons. The van der Waals surface area contributed by atoms with Crippen LogP contribution in [0, 0.1) is 5.82 Å². The summed E-state index contributed by atoms with van der Waals surface area (Å²) >= 11 is 0. The number of anilines is 1. The monoisotopic (exact) mass is 311 g/mol. The second-order valence-corrected chi connectivity index (χ2v) is 5.62. The van der Waals surface area contributed by atoms with Gasteiger partial charge in [0.25, 0.3) is 10.1 Å². The maximum Gasteiger partial charge on any atom is 0.261 e. The second-order valence-electron chi connectivity index (χ2n) is 4.16. The summed E-state index contributed by atoms with van der Waals surface area (Å²) in [5, 5.41) is 0. The Morgan fingerprint density at radius 3 is 2.05 bits per heavy atom. The van der Waals surface area contributed by atoms with Gasteiger partial charge in [0.2, 0.25) is 0 Å². The largest absolute Gasteiger partial charge is 0.398 e. The molecule has 21 heavy (non-hydrogen) atoms. The molecule has 2 aromatic rings. The highest BCUT2D eigenvalue weighted by Gasteiger charge is 2.11. The number of nitrogens with two attached hydrogens (primary N) is 1. The van der Waals surface area contributed by atoms with Gasteiger partial charge in [-0.15, -0.1) is 0 Å². The van der Waals surface area contributed by atoms with Crippen LogP contribution in [0.5, 0.6) is 0 Å². The zero-order chi connectivity index (χ0) is 16.0. The van der Waals surface area contributed by atoms with E-state index in [-0.39, 0.29) is 11.6 Å². The van der Waals surface area contributed by atoms with Gasteiger partial charge in [-0.25, -0.2) is 4.39 Å². The van der Waals surface area contributed by atoms with Gasteiger partial charge >= 0.3 is 0 Å². The number of para-hydroxylation sites is 1. The molecule has 2 rings (SSSR count). The van der Waals surface area contributed by atoms with E-state index in [0.717, 1.165) is 0 Å². The molecule has 7 heteroatoms. The standard InChI is InChI=1S/C13H10FNO.CH4O3S/c14-10-7-5-9(6-8-10)13(16)11-3-1-2-4-12(11)15;1-5(2,3)4/h1-8H,15H2;1H3,(H,2,3,4). The Bertz CT molecular complexity index is 719. The minimum atomic E-state index is -3.67. The van der Waals surface area contributed by atoms with E-state index in [1.165, 1.54) is 24.3 Å². The Balaban J connectivity index is 0.000000383. The number of rotatable bonds is 2. The van der Waals surface area contributed by atoms with Crippen LogP contribution >= 0.6 is 0 Å². The maximum absolute atomic E-state index is 12.7. The molecule has 0 atom stereocenters. The van der Waals surface area contributed by atoms with E-state index in [1.54, 1.807) is 24.3 Å². The summed E-state index contributed by atoms with van der Waals surface area (Å²) in [7, 11) is -3.67. The number of nitrogen functional groups attached to an aromatic ring is 1. The first-order chi connectivity index (χ1) is 9.68. The van der Waals surface area contributed by atoms with Gasteiger partial charge in [-0.2, -0.15) is 8.42 Å². The lowest BCUT2D eigenvalue weighted by Gasteiger charge is -2.04. The Labute approximate surface area is 122 Å². The molecule has 0 saturated carbocycles. The highest BCUT2D eigenvalue weighted by atomic mass is 32.2. The first kappa shape index (κ1) is 16.8. The third-order valence-corrected chi connectivity index (χ3v) is 2.31. The van der Waals surface area contributed by atoms with Crippen LogP contribution in [0.4, 0.5) is 10.1 Å². The van der Waals surface area contributed by atoms with Gasteiger partial charge < -0.3 is 5.73 Å². The smallest absolute Gasteiger partial charge is 0.261 e. The molecule has 2 aromatic carbocycles. The SMILES string of the molecule is CS(=O)(=O)O.Nc1ccccc1C(=O)c1ccc(F)cc1. The van der Waals surface area contributed by atoms with E-state index >= 15 is 0 Å². The fourth-order valence-electron chi connectivity index (χ4n) is 1.46. The Morgan fingerprint density at radius 1 is 1.10 bits per heavy atom. The molecule has 0 bridgehead atoms. The Morgan fingerprint density at radius 2 is 1.57 bits per heavy atom. The van der Waals surface area contributed by atoms with Crippen molar-refractivity contribution in [2.75, 3.05) is 12.0 Å². The van der Waals surface area contributed by atoms with E-state index < -0.39 is 10.1 Å². The lowest BCUT2D eigenvalue weighted by Crippen LogP contribution is -2.04. The van der Waals surface area contributed by atoms with Crippen molar-refractivity contribution in [3.63, 3.8) is 0 Å². The second kappa shape index (κ2) is 6.96. The van der Waals surface area contributed by atoms with Crippen molar-refractivity contribution in [2.45, 2.75) is 0 Å². The minimum absolute atomic E-state index is 0.196. The molecular formula is C14H14FNO4S. The average molecular weight is 311 g/mol. The number of hydrogen-bond acceptors (Lipinski definition) is 4. The van der Waals surface area contributed by atoms with Crippen molar-refractivity contribution in [2.24, 2.45) is 0 Å². The molecule has 0 heterocycles. The molecule has 0 unspecified atom stereocenters. The van der Waals surface area contributed by atoms with Crippen LogP contribution in [-0.4, -0.2) is 25.0 Å². The molecule has 0 fully saturated rings. The van der Waals surface area contributed by atoms with Crippen LogP contribution in [0.15, 0.2) is 48.5 Å². The van der Waals surface area contributed by atoms with E-state index in [9.17, 15) is 17.6 Å². The lowest BCUT2D eigenvalue weighted by molar-refractivity contribution is 0.103. The normalized spacial score (nSPS) is 10.4. The molecule has 0 aliphatic heterocycles. The molecule has 3 N–H and O–H groups in total. The van der Waals surface area contributed by atoms with Crippen LogP contribution in [0.3, 0.4) is 0 Å². The maximum atomic E-state index is 12.7. The van der Waals surface area contributed by atoms with Crippen molar-refractivity contribution in [1.29, 1.82) is 0 Å². The fourth-order valence-corrected chi connectivity index (χ4v) is 1.46. The Kier molecular flexibility index (Phi) is 5.57. The number of hydrogen-bond donors (Lipinski definition) is 2. The molecule has 0 amide bonds. The van der Waals surface area contributed by atoms with Gasteiger partial charge in [0, 0.05) is 16.8 Å². The zero-order valence-electron chi connectivity index (χ0n) is 11.2. The summed E-state index contributed by atoms with van der Waals surface area (Å²) in [5.74, 6) is -0.560. The van der Waals surface area contributed by atoms with Gasteiger partial charge in [-0.1, -0.05) is 12.1 Å². The number of ketones is 1. The molecule has 0 aliphatic rings. The first-order valence-corrected chi connectivity index (χ1v) is 7.60. The van der Waals surface area contributed by atoms with Crippen molar-refractivity contribution in [1.82, 2.24) is 0 Å². The summed E-state index contributed by atoms with van der Waals surface area (Å²) in [4.78, 5) is 12.0. The van der Waals surface area contributed by atoms with Crippen LogP contribution in [0.2, 0.25) is 0 Å². The molecule has 0 aliphatic carbocycles. The molecule has 0 aromatic heterocycles.